The van der Waals surface area contributed by atoms with Crippen molar-refractivity contribution in [2.45, 2.75) is 65.5 Å². The number of carbonyl (C=O) groups excluding carboxylic acids is 2. The summed E-state index contributed by atoms with van der Waals surface area (Å²) in [5.74, 6) is -0.378. The summed E-state index contributed by atoms with van der Waals surface area (Å²) in [5, 5.41) is 12.8. The standard InChI is InChI=1S/C21H30BNO5/c1-13(2)19(21(25)27-11-15-7-5-4-6-8-15)23-20(24)17-10-9-16-12-28-22(26)18(16)14(17)3/h9-10,13,15,19,26H,4-8,11-12H2,1-3H3,(H,23,24). The summed E-state index contributed by atoms with van der Waals surface area (Å²) in [6.07, 6.45) is 5.85. The number of amides is 1. The molecule has 1 amide bonds. The largest absolute Gasteiger partial charge is 0.492 e. The summed E-state index contributed by atoms with van der Waals surface area (Å²) < 4.78 is 10.8. The van der Waals surface area contributed by atoms with E-state index in [2.05, 4.69) is 5.32 Å². The van der Waals surface area contributed by atoms with E-state index in [1.807, 2.05) is 13.8 Å². The van der Waals surface area contributed by atoms with E-state index in [1.165, 1.54) is 19.3 Å². The number of ether oxygens (including phenoxy) is 1. The summed E-state index contributed by atoms with van der Waals surface area (Å²) in [6, 6.07) is 2.81. The van der Waals surface area contributed by atoms with E-state index >= 15 is 0 Å². The molecule has 0 spiro atoms. The minimum Gasteiger partial charge on any atom is -0.464 e. The Kier molecular flexibility index (Phi) is 6.78. The first-order valence-electron chi connectivity index (χ1n) is 10.3. The van der Waals surface area contributed by atoms with Crippen LogP contribution in [-0.4, -0.2) is 36.7 Å². The number of hydrogen-bond donors (Lipinski definition) is 2. The van der Waals surface area contributed by atoms with Gasteiger partial charge >= 0.3 is 13.1 Å². The van der Waals surface area contributed by atoms with Gasteiger partial charge in [0.05, 0.1) is 13.2 Å². The SMILES string of the molecule is Cc1c(C(=O)NC(C(=O)OCC2CCCCC2)C(C)C)ccc2c1B(O)OC2. The zero-order valence-corrected chi connectivity index (χ0v) is 17.0. The first-order valence-corrected chi connectivity index (χ1v) is 10.3. The second-order valence-corrected chi connectivity index (χ2v) is 8.30. The number of fused-ring (bicyclic) bond motifs is 1. The second-order valence-electron chi connectivity index (χ2n) is 8.30. The van der Waals surface area contributed by atoms with E-state index in [9.17, 15) is 14.6 Å². The number of rotatable bonds is 6. The summed E-state index contributed by atoms with van der Waals surface area (Å²) in [4.78, 5) is 25.5. The van der Waals surface area contributed by atoms with Gasteiger partial charge in [-0.2, -0.15) is 0 Å². The highest BCUT2D eigenvalue weighted by atomic mass is 16.5. The van der Waals surface area contributed by atoms with Crippen LogP contribution in [0.1, 0.15) is 67.4 Å². The molecular weight excluding hydrogens is 357 g/mol. The molecule has 0 aromatic heterocycles. The minimum atomic E-state index is -1.01. The summed E-state index contributed by atoms with van der Waals surface area (Å²) in [5.41, 5.74) is 2.65. The molecule has 0 radical (unpaired) electrons. The van der Waals surface area contributed by atoms with Crippen molar-refractivity contribution in [2.75, 3.05) is 6.61 Å². The molecule has 7 heteroatoms. The molecule has 1 aromatic carbocycles. The Balaban J connectivity index is 1.66. The van der Waals surface area contributed by atoms with Crippen molar-refractivity contribution in [3.05, 3.63) is 28.8 Å². The van der Waals surface area contributed by atoms with E-state index in [-0.39, 0.29) is 17.8 Å². The van der Waals surface area contributed by atoms with Gasteiger partial charge < -0.3 is 19.7 Å². The molecule has 1 aromatic rings. The van der Waals surface area contributed by atoms with Crippen LogP contribution in [0.4, 0.5) is 0 Å². The lowest BCUT2D eigenvalue weighted by atomic mass is 9.75. The Morgan fingerprint density at radius 1 is 1.29 bits per heavy atom. The van der Waals surface area contributed by atoms with Crippen molar-refractivity contribution in [3.8, 4) is 0 Å². The highest BCUT2D eigenvalue weighted by Crippen LogP contribution is 2.24. The van der Waals surface area contributed by atoms with Crippen molar-refractivity contribution in [2.24, 2.45) is 11.8 Å². The molecule has 0 saturated heterocycles. The quantitative estimate of drug-likeness (QED) is 0.577. The van der Waals surface area contributed by atoms with Crippen LogP contribution in [0.25, 0.3) is 0 Å². The average molecular weight is 387 g/mol. The molecule has 0 bridgehead atoms. The molecule has 1 fully saturated rings. The lowest BCUT2D eigenvalue weighted by Gasteiger charge is -2.25. The van der Waals surface area contributed by atoms with E-state index in [0.29, 0.717) is 35.7 Å². The molecule has 1 aliphatic heterocycles. The Morgan fingerprint density at radius 3 is 2.68 bits per heavy atom. The lowest BCUT2D eigenvalue weighted by molar-refractivity contribution is -0.148. The van der Waals surface area contributed by atoms with Gasteiger partial charge in [0.1, 0.15) is 6.04 Å². The average Bonchev–Trinajstić information content (AvgIpc) is 3.06. The van der Waals surface area contributed by atoms with Gasteiger partial charge in [-0.1, -0.05) is 39.2 Å². The smallest absolute Gasteiger partial charge is 0.464 e. The van der Waals surface area contributed by atoms with Gasteiger partial charge in [-0.15, -0.1) is 0 Å². The van der Waals surface area contributed by atoms with Crippen LogP contribution < -0.4 is 10.8 Å². The van der Waals surface area contributed by atoms with E-state index < -0.39 is 13.2 Å². The van der Waals surface area contributed by atoms with Crippen LogP contribution in [0.2, 0.25) is 0 Å². The van der Waals surface area contributed by atoms with Gasteiger partial charge in [-0.25, -0.2) is 4.79 Å². The summed E-state index contributed by atoms with van der Waals surface area (Å²) >= 11 is 0. The van der Waals surface area contributed by atoms with Gasteiger partial charge in [0.15, 0.2) is 0 Å². The van der Waals surface area contributed by atoms with Crippen molar-refractivity contribution < 1.29 is 24.0 Å². The Hall–Kier alpha value is -1.86. The maximum atomic E-state index is 12.9. The van der Waals surface area contributed by atoms with E-state index in [4.69, 9.17) is 9.39 Å². The third-order valence-corrected chi connectivity index (χ3v) is 5.89. The number of hydrogen-bond acceptors (Lipinski definition) is 5. The van der Waals surface area contributed by atoms with Crippen molar-refractivity contribution in [1.82, 2.24) is 5.32 Å². The van der Waals surface area contributed by atoms with Gasteiger partial charge in [0.2, 0.25) is 0 Å². The van der Waals surface area contributed by atoms with E-state index in [0.717, 1.165) is 18.4 Å². The third-order valence-electron chi connectivity index (χ3n) is 5.89. The molecule has 2 N–H and O–H groups in total. The van der Waals surface area contributed by atoms with Crippen molar-refractivity contribution in [3.63, 3.8) is 0 Å². The third kappa shape index (κ3) is 4.58. The summed E-state index contributed by atoms with van der Waals surface area (Å²) in [6.45, 7) is 6.33. The second kappa shape index (κ2) is 9.10. The predicted molar refractivity (Wildman–Crippen MR) is 107 cm³/mol. The molecule has 152 valence electrons. The molecule has 6 nitrogen and oxygen atoms in total. The molecule has 1 atom stereocenters. The number of carbonyl (C=O) groups is 2. The maximum absolute atomic E-state index is 12.9. The topological polar surface area (TPSA) is 84.9 Å². The van der Waals surface area contributed by atoms with Crippen LogP contribution >= 0.6 is 0 Å². The lowest BCUT2D eigenvalue weighted by Crippen LogP contribution is -2.46. The molecule has 2 aliphatic rings. The zero-order valence-electron chi connectivity index (χ0n) is 17.0. The predicted octanol–water partition coefficient (Wildman–Crippen LogP) is 2.09. The molecule has 3 rings (SSSR count). The van der Waals surface area contributed by atoms with Gasteiger partial charge in [0.25, 0.3) is 5.91 Å². The Labute approximate surface area is 167 Å². The minimum absolute atomic E-state index is 0.0912. The normalized spacial score (nSPS) is 18.1. The maximum Gasteiger partial charge on any atom is 0.492 e. The molecule has 1 heterocycles. The monoisotopic (exact) mass is 387 g/mol. The zero-order chi connectivity index (χ0) is 20.3. The molecule has 1 aliphatic carbocycles. The molecule has 1 unspecified atom stereocenters. The fourth-order valence-corrected chi connectivity index (χ4v) is 4.11. The first kappa shape index (κ1) is 20.9. The fraction of sp³-hybridized carbons (Fsp3) is 0.619. The number of esters is 1. The van der Waals surface area contributed by atoms with Crippen LogP contribution in [0.15, 0.2) is 12.1 Å². The number of benzene rings is 1. The van der Waals surface area contributed by atoms with Crippen molar-refractivity contribution in [1.29, 1.82) is 0 Å². The van der Waals surface area contributed by atoms with Crippen LogP contribution in [0, 0.1) is 18.8 Å². The highest BCUT2D eigenvalue weighted by molar-refractivity contribution is 6.62. The molecule has 28 heavy (non-hydrogen) atoms. The van der Waals surface area contributed by atoms with Crippen molar-refractivity contribution >= 4 is 24.5 Å². The summed E-state index contributed by atoms with van der Waals surface area (Å²) in [7, 11) is -1.01. The van der Waals surface area contributed by atoms with Crippen LogP contribution in [0.3, 0.4) is 0 Å². The number of nitrogens with one attached hydrogen (secondary N) is 1. The van der Waals surface area contributed by atoms with Gasteiger partial charge in [0, 0.05) is 5.56 Å². The first-order chi connectivity index (χ1) is 13.4. The molecule has 1 saturated carbocycles. The fourth-order valence-electron chi connectivity index (χ4n) is 4.11. The molecular formula is C21H30BNO5. The van der Waals surface area contributed by atoms with Crippen LogP contribution in [0.5, 0.6) is 0 Å². The van der Waals surface area contributed by atoms with Gasteiger partial charge in [-0.3, -0.25) is 4.79 Å². The highest BCUT2D eigenvalue weighted by Gasteiger charge is 2.32. The Bertz CT molecular complexity index is 730. The Morgan fingerprint density at radius 2 is 2.00 bits per heavy atom. The van der Waals surface area contributed by atoms with E-state index in [1.54, 1.807) is 19.1 Å². The van der Waals surface area contributed by atoms with Crippen LogP contribution in [-0.2, 0) is 20.8 Å². The van der Waals surface area contributed by atoms with Gasteiger partial charge in [-0.05, 0) is 54.3 Å².